The fourth-order valence-corrected chi connectivity index (χ4v) is 3.32. The van der Waals surface area contributed by atoms with Crippen LogP contribution in [0.3, 0.4) is 0 Å². The molecule has 0 aromatic carbocycles. The third-order valence-electron chi connectivity index (χ3n) is 4.39. The molecule has 106 valence electrons. The monoisotopic (exact) mass is 279 g/mol. The predicted octanol–water partition coefficient (Wildman–Crippen LogP) is 2.24. The van der Waals surface area contributed by atoms with Gasteiger partial charge in [-0.25, -0.2) is 4.52 Å². The number of aromatic nitrogens is 4. The van der Waals surface area contributed by atoms with Gasteiger partial charge in [0.05, 0.1) is 17.9 Å². The molecule has 0 amide bonds. The summed E-state index contributed by atoms with van der Waals surface area (Å²) >= 11 is 0. The minimum absolute atomic E-state index is 0.0966. The fourth-order valence-electron chi connectivity index (χ4n) is 3.32. The number of rotatable bonds is 2. The predicted molar refractivity (Wildman–Crippen MR) is 79.8 cm³/mol. The first-order valence-electron chi connectivity index (χ1n) is 7.31. The van der Waals surface area contributed by atoms with E-state index >= 15 is 0 Å². The minimum atomic E-state index is -0.0966. The lowest BCUT2D eigenvalue weighted by molar-refractivity contribution is 0.464. The standard InChI is InChI=1S/C16H17N5/c17-15(13-9-20-21-8-7-18-10-14(13)21)12-5-1-3-11-4-2-6-19-16(11)12/h2,4,6-10,12,15H,1,3,5,17H2. The second-order valence-electron chi connectivity index (χ2n) is 5.58. The van der Waals surface area contributed by atoms with Crippen LogP contribution in [0.25, 0.3) is 5.52 Å². The Morgan fingerprint density at radius 1 is 1.29 bits per heavy atom. The summed E-state index contributed by atoms with van der Waals surface area (Å²) in [5.41, 5.74) is 11.1. The maximum atomic E-state index is 6.57. The van der Waals surface area contributed by atoms with Gasteiger partial charge in [-0.1, -0.05) is 6.07 Å². The molecule has 2 N–H and O–H groups in total. The lowest BCUT2D eigenvalue weighted by Crippen LogP contribution is -2.24. The number of fused-ring (bicyclic) bond motifs is 2. The summed E-state index contributed by atoms with van der Waals surface area (Å²) < 4.78 is 1.82. The molecule has 0 bridgehead atoms. The molecule has 0 spiro atoms. The van der Waals surface area contributed by atoms with Gasteiger partial charge in [0, 0.05) is 41.8 Å². The zero-order chi connectivity index (χ0) is 14.2. The Bertz CT molecular complexity index is 779. The number of hydrogen-bond acceptors (Lipinski definition) is 4. The molecule has 21 heavy (non-hydrogen) atoms. The third kappa shape index (κ3) is 2.01. The highest BCUT2D eigenvalue weighted by Gasteiger charge is 2.29. The van der Waals surface area contributed by atoms with Gasteiger partial charge in [-0.2, -0.15) is 5.10 Å². The van der Waals surface area contributed by atoms with Gasteiger partial charge in [-0.05, 0) is 30.9 Å². The molecule has 0 fully saturated rings. The summed E-state index contributed by atoms with van der Waals surface area (Å²) in [6.07, 6.45) is 12.5. The van der Waals surface area contributed by atoms with Crippen LogP contribution in [0.1, 0.15) is 41.6 Å². The smallest absolute Gasteiger partial charge is 0.0892 e. The van der Waals surface area contributed by atoms with Gasteiger partial charge in [0.1, 0.15) is 0 Å². The highest BCUT2D eigenvalue weighted by atomic mass is 15.2. The van der Waals surface area contributed by atoms with Crippen molar-refractivity contribution in [2.45, 2.75) is 31.2 Å². The average molecular weight is 279 g/mol. The van der Waals surface area contributed by atoms with Crippen LogP contribution in [0.15, 0.2) is 43.1 Å². The number of pyridine rings is 1. The second kappa shape index (κ2) is 4.93. The molecule has 0 radical (unpaired) electrons. The van der Waals surface area contributed by atoms with E-state index in [-0.39, 0.29) is 12.0 Å². The van der Waals surface area contributed by atoms with Crippen molar-refractivity contribution in [3.8, 4) is 0 Å². The first-order valence-corrected chi connectivity index (χ1v) is 7.31. The number of hydrogen-bond donors (Lipinski definition) is 1. The summed E-state index contributed by atoms with van der Waals surface area (Å²) in [6, 6.07) is 4.07. The number of nitrogens with zero attached hydrogens (tertiary/aromatic N) is 4. The Morgan fingerprint density at radius 2 is 2.24 bits per heavy atom. The summed E-state index contributed by atoms with van der Waals surface area (Å²) in [4.78, 5) is 8.77. The summed E-state index contributed by atoms with van der Waals surface area (Å²) in [5, 5.41) is 4.37. The Kier molecular flexibility index (Phi) is 2.93. The van der Waals surface area contributed by atoms with Crippen LogP contribution in [0.5, 0.6) is 0 Å². The van der Waals surface area contributed by atoms with Crippen molar-refractivity contribution in [3.63, 3.8) is 0 Å². The van der Waals surface area contributed by atoms with Crippen molar-refractivity contribution in [2.75, 3.05) is 0 Å². The Balaban J connectivity index is 1.77. The van der Waals surface area contributed by atoms with Gasteiger partial charge < -0.3 is 5.73 Å². The zero-order valence-corrected chi connectivity index (χ0v) is 11.7. The van der Waals surface area contributed by atoms with Gasteiger partial charge >= 0.3 is 0 Å². The normalized spacial score (nSPS) is 19.4. The van der Waals surface area contributed by atoms with E-state index in [1.807, 2.05) is 35.4 Å². The van der Waals surface area contributed by atoms with Crippen molar-refractivity contribution >= 4 is 5.52 Å². The molecule has 0 saturated carbocycles. The molecule has 3 aromatic rings. The molecule has 2 atom stereocenters. The van der Waals surface area contributed by atoms with Crippen LogP contribution < -0.4 is 5.73 Å². The molecule has 4 rings (SSSR count). The zero-order valence-electron chi connectivity index (χ0n) is 11.7. The molecule has 1 aliphatic rings. The Morgan fingerprint density at radius 3 is 3.19 bits per heavy atom. The van der Waals surface area contributed by atoms with Crippen LogP contribution in [-0.4, -0.2) is 19.6 Å². The van der Waals surface area contributed by atoms with Gasteiger partial charge in [-0.15, -0.1) is 0 Å². The number of aryl methyl sites for hydroxylation is 1. The quantitative estimate of drug-likeness (QED) is 0.781. The van der Waals surface area contributed by atoms with E-state index in [2.05, 4.69) is 21.1 Å². The van der Waals surface area contributed by atoms with Crippen LogP contribution in [0.2, 0.25) is 0 Å². The molecule has 2 unspecified atom stereocenters. The lowest BCUT2D eigenvalue weighted by atomic mass is 9.80. The molecular formula is C16H17N5. The van der Waals surface area contributed by atoms with E-state index in [0.29, 0.717) is 0 Å². The van der Waals surface area contributed by atoms with Gasteiger partial charge in [0.2, 0.25) is 0 Å². The lowest BCUT2D eigenvalue weighted by Gasteiger charge is -2.28. The van der Waals surface area contributed by atoms with Crippen molar-refractivity contribution < 1.29 is 0 Å². The van der Waals surface area contributed by atoms with E-state index in [9.17, 15) is 0 Å². The van der Waals surface area contributed by atoms with Crippen LogP contribution in [0.4, 0.5) is 0 Å². The van der Waals surface area contributed by atoms with Gasteiger partial charge in [-0.3, -0.25) is 9.97 Å². The minimum Gasteiger partial charge on any atom is -0.323 e. The number of nitrogens with two attached hydrogens (primary N) is 1. The molecule has 3 aromatic heterocycles. The highest BCUT2D eigenvalue weighted by Crippen LogP contribution is 2.38. The average Bonchev–Trinajstić information content (AvgIpc) is 2.98. The van der Waals surface area contributed by atoms with Crippen molar-refractivity contribution in [3.05, 3.63) is 59.9 Å². The summed E-state index contributed by atoms with van der Waals surface area (Å²) in [5.74, 6) is 0.253. The first kappa shape index (κ1) is 12.5. The van der Waals surface area contributed by atoms with E-state index in [4.69, 9.17) is 5.73 Å². The summed E-state index contributed by atoms with van der Waals surface area (Å²) in [6.45, 7) is 0. The fraction of sp³-hybridized carbons (Fsp3) is 0.312. The van der Waals surface area contributed by atoms with E-state index < -0.39 is 0 Å². The van der Waals surface area contributed by atoms with Crippen molar-refractivity contribution in [1.82, 2.24) is 19.6 Å². The molecule has 0 saturated heterocycles. The third-order valence-corrected chi connectivity index (χ3v) is 4.39. The Labute approximate surface area is 122 Å². The molecular weight excluding hydrogens is 262 g/mol. The van der Waals surface area contributed by atoms with E-state index in [1.54, 1.807) is 6.20 Å². The van der Waals surface area contributed by atoms with Gasteiger partial charge in [0.25, 0.3) is 0 Å². The van der Waals surface area contributed by atoms with Crippen LogP contribution in [0, 0.1) is 0 Å². The second-order valence-corrected chi connectivity index (χ2v) is 5.58. The molecule has 3 heterocycles. The Hall–Kier alpha value is -2.27. The summed E-state index contributed by atoms with van der Waals surface area (Å²) in [7, 11) is 0. The van der Waals surface area contributed by atoms with Crippen LogP contribution >= 0.6 is 0 Å². The molecule has 5 heteroatoms. The highest BCUT2D eigenvalue weighted by molar-refractivity contribution is 5.54. The molecule has 0 aliphatic heterocycles. The maximum absolute atomic E-state index is 6.57. The van der Waals surface area contributed by atoms with Crippen molar-refractivity contribution in [2.24, 2.45) is 5.73 Å². The van der Waals surface area contributed by atoms with E-state index in [1.165, 1.54) is 5.56 Å². The molecule has 1 aliphatic carbocycles. The topological polar surface area (TPSA) is 69.1 Å². The van der Waals surface area contributed by atoms with Crippen molar-refractivity contribution in [1.29, 1.82) is 0 Å². The van der Waals surface area contributed by atoms with E-state index in [0.717, 1.165) is 36.0 Å². The largest absolute Gasteiger partial charge is 0.323 e. The molecule has 5 nitrogen and oxygen atoms in total. The SMILES string of the molecule is NC(c1cnn2ccncc12)C1CCCc2cccnc21. The van der Waals surface area contributed by atoms with Crippen LogP contribution in [-0.2, 0) is 6.42 Å². The maximum Gasteiger partial charge on any atom is 0.0892 e. The van der Waals surface area contributed by atoms with Gasteiger partial charge in [0.15, 0.2) is 0 Å². The first-order chi connectivity index (χ1) is 10.3.